The van der Waals surface area contributed by atoms with Gasteiger partial charge in [0.15, 0.2) is 0 Å². The molecule has 0 heterocycles. The van der Waals surface area contributed by atoms with E-state index in [4.69, 9.17) is 0 Å². The average Bonchev–Trinajstić information content (AvgIpc) is 2.40. The maximum Gasteiger partial charge on any atom is 0.429 e. The summed E-state index contributed by atoms with van der Waals surface area (Å²) in [5, 5.41) is -0.0502. The Hall–Kier alpha value is -1.36. The van der Waals surface area contributed by atoms with E-state index in [1.54, 1.807) is 6.92 Å². The number of alkyl halides is 9. The van der Waals surface area contributed by atoms with Crippen molar-refractivity contribution < 1.29 is 49.0 Å². The molecule has 150 valence electrons. The molecule has 0 aliphatic carbocycles. The quantitative estimate of drug-likeness (QED) is 0.594. The summed E-state index contributed by atoms with van der Waals surface area (Å²) in [5.74, 6) is -0.386. The van der Waals surface area contributed by atoms with E-state index in [9.17, 15) is 44.3 Å². The first kappa shape index (κ1) is 23.6. The molecule has 1 N–H and O–H groups in total. The molecule has 0 aromatic rings. The third kappa shape index (κ3) is 5.56. The van der Waals surface area contributed by atoms with Crippen molar-refractivity contribution in [2.75, 3.05) is 6.61 Å². The highest BCUT2D eigenvalue weighted by atomic mass is 19.4. The molecule has 0 radical (unpaired) electrons. The third-order valence-electron chi connectivity index (χ3n) is 3.56. The van der Waals surface area contributed by atoms with E-state index in [0.717, 1.165) is 6.42 Å². The molecule has 0 rings (SSSR count). The van der Waals surface area contributed by atoms with Gasteiger partial charge in [-0.25, -0.2) is 4.79 Å². The Balaban J connectivity index is 5.38. The van der Waals surface area contributed by atoms with Crippen LogP contribution in [-0.2, 0) is 4.74 Å². The summed E-state index contributed by atoms with van der Waals surface area (Å²) in [4.78, 5) is 11.3. The van der Waals surface area contributed by atoms with Crippen molar-refractivity contribution in [1.82, 2.24) is 5.32 Å². The molecular formula is C13H18F9NO2. The molecule has 0 aromatic heterocycles. The SMILES string of the molecule is CCCC[C@H](CC)COC(=O)NC(C(F)(F)F)(C(F)(F)F)C(F)(F)F. The van der Waals surface area contributed by atoms with Crippen molar-refractivity contribution in [1.29, 1.82) is 0 Å². The highest BCUT2D eigenvalue weighted by Gasteiger charge is 2.85. The average molecular weight is 391 g/mol. The fraction of sp³-hybridized carbons (Fsp3) is 0.923. The summed E-state index contributed by atoms with van der Waals surface area (Å²) in [5.41, 5.74) is -6.41. The lowest BCUT2D eigenvalue weighted by molar-refractivity contribution is -0.387. The molecule has 0 aromatic carbocycles. The second kappa shape index (κ2) is 8.35. The number of alkyl carbamates (subject to hydrolysis) is 1. The standard InChI is InChI=1S/C13H18F9NO2/c1-3-5-6-8(4-2)7-25-9(24)23-10(11(14,15)16,12(17,18)19)13(20,21)22/h8H,3-7H2,1-2H3,(H,23,24)/t8-/m0/s1. The number of hydrogen-bond acceptors (Lipinski definition) is 2. The monoisotopic (exact) mass is 391 g/mol. The molecule has 0 bridgehead atoms. The third-order valence-corrected chi connectivity index (χ3v) is 3.56. The number of halogens is 9. The number of unbranched alkanes of at least 4 members (excludes halogenated alkanes) is 1. The Morgan fingerprint density at radius 2 is 1.36 bits per heavy atom. The Bertz CT molecular complexity index is 393. The molecule has 1 atom stereocenters. The molecule has 25 heavy (non-hydrogen) atoms. The molecule has 12 heteroatoms. The van der Waals surface area contributed by atoms with E-state index >= 15 is 0 Å². The predicted molar refractivity (Wildman–Crippen MR) is 68.7 cm³/mol. The lowest BCUT2D eigenvalue weighted by Crippen LogP contribution is -2.75. The first-order valence-electron chi connectivity index (χ1n) is 7.29. The minimum atomic E-state index is -6.87. The van der Waals surface area contributed by atoms with Gasteiger partial charge in [0, 0.05) is 0 Å². The molecule has 1 amide bonds. The number of carbonyl (C=O) groups excluding carboxylic acids is 1. The molecule has 0 spiro atoms. The van der Waals surface area contributed by atoms with Gasteiger partial charge in [-0.1, -0.05) is 33.1 Å². The van der Waals surface area contributed by atoms with E-state index in [1.165, 1.54) is 0 Å². The summed E-state index contributed by atoms with van der Waals surface area (Å²) >= 11 is 0. The molecular weight excluding hydrogens is 373 g/mol. The summed E-state index contributed by atoms with van der Waals surface area (Å²) in [6.45, 7) is 2.86. The van der Waals surface area contributed by atoms with Crippen molar-refractivity contribution in [3.63, 3.8) is 0 Å². The van der Waals surface area contributed by atoms with Crippen LogP contribution in [0.25, 0.3) is 0 Å². The van der Waals surface area contributed by atoms with Crippen molar-refractivity contribution >= 4 is 6.09 Å². The van der Waals surface area contributed by atoms with Crippen LogP contribution in [0.15, 0.2) is 0 Å². The maximum absolute atomic E-state index is 12.6. The number of hydrogen-bond donors (Lipinski definition) is 1. The Morgan fingerprint density at radius 1 is 0.920 bits per heavy atom. The van der Waals surface area contributed by atoms with Crippen molar-refractivity contribution in [3.05, 3.63) is 0 Å². The summed E-state index contributed by atoms with van der Waals surface area (Å²) in [7, 11) is 0. The predicted octanol–water partition coefficient (Wildman–Crippen LogP) is 5.35. The van der Waals surface area contributed by atoms with Gasteiger partial charge in [0.1, 0.15) is 0 Å². The zero-order valence-electron chi connectivity index (χ0n) is 13.3. The largest absolute Gasteiger partial charge is 0.449 e. The van der Waals surface area contributed by atoms with Gasteiger partial charge in [-0.15, -0.1) is 0 Å². The molecule has 0 aliphatic rings. The van der Waals surface area contributed by atoms with E-state index in [2.05, 4.69) is 4.74 Å². The van der Waals surface area contributed by atoms with Crippen molar-refractivity contribution in [2.45, 2.75) is 63.6 Å². The normalized spacial score (nSPS) is 15.0. The molecule has 0 saturated heterocycles. The Labute approximate surface area is 137 Å². The van der Waals surface area contributed by atoms with Crippen LogP contribution in [0.4, 0.5) is 44.3 Å². The Kier molecular flexibility index (Phi) is 7.89. The summed E-state index contributed by atoms with van der Waals surface area (Å²) in [6.07, 6.45) is -20.8. The summed E-state index contributed by atoms with van der Waals surface area (Å²) in [6, 6.07) is 0. The van der Waals surface area contributed by atoms with Crippen LogP contribution in [0.2, 0.25) is 0 Å². The second-order valence-corrected chi connectivity index (χ2v) is 5.38. The van der Waals surface area contributed by atoms with Gasteiger partial charge in [-0.3, -0.25) is 5.32 Å². The lowest BCUT2D eigenvalue weighted by atomic mass is 9.97. The first-order valence-corrected chi connectivity index (χ1v) is 7.29. The van der Waals surface area contributed by atoms with Gasteiger partial charge in [0.05, 0.1) is 6.61 Å². The van der Waals surface area contributed by atoms with E-state index in [-0.39, 0.29) is 11.2 Å². The van der Waals surface area contributed by atoms with Gasteiger partial charge in [-0.2, -0.15) is 39.5 Å². The highest BCUT2D eigenvalue weighted by molar-refractivity contribution is 5.69. The van der Waals surface area contributed by atoms with Crippen LogP contribution in [0.5, 0.6) is 0 Å². The van der Waals surface area contributed by atoms with Crippen LogP contribution in [0, 0.1) is 5.92 Å². The van der Waals surface area contributed by atoms with Crippen LogP contribution in [0.3, 0.4) is 0 Å². The number of nitrogens with one attached hydrogen (secondary N) is 1. The van der Waals surface area contributed by atoms with E-state index in [1.807, 2.05) is 6.92 Å². The van der Waals surface area contributed by atoms with Gasteiger partial charge in [-0.05, 0) is 12.3 Å². The fourth-order valence-corrected chi connectivity index (χ4v) is 1.98. The number of carbonyl (C=O) groups is 1. The second-order valence-electron chi connectivity index (χ2n) is 5.38. The molecule has 0 saturated carbocycles. The molecule has 0 unspecified atom stereocenters. The Morgan fingerprint density at radius 3 is 1.68 bits per heavy atom. The first-order chi connectivity index (χ1) is 11.1. The van der Waals surface area contributed by atoms with Crippen LogP contribution in [0.1, 0.15) is 39.5 Å². The zero-order valence-corrected chi connectivity index (χ0v) is 13.3. The maximum atomic E-state index is 12.6. The topological polar surface area (TPSA) is 38.3 Å². The van der Waals surface area contributed by atoms with Gasteiger partial charge >= 0.3 is 30.2 Å². The van der Waals surface area contributed by atoms with Gasteiger partial charge in [0.2, 0.25) is 0 Å². The molecule has 0 fully saturated rings. The van der Waals surface area contributed by atoms with E-state index in [0.29, 0.717) is 19.3 Å². The number of ether oxygens (including phenoxy) is 1. The van der Waals surface area contributed by atoms with Crippen molar-refractivity contribution in [2.24, 2.45) is 5.92 Å². The van der Waals surface area contributed by atoms with Gasteiger partial charge < -0.3 is 4.74 Å². The fourth-order valence-electron chi connectivity index (χ4n) is 1.98. The van der Waals surface area contributed by atoms with Gasteiger partial charge in [0.25, 0.3) is 0 Å². The molecule has 3 nitrogen and oxygen atoms in total. The van der Waals surface area contributed by atoms with Crippen molar-refractivity contribution in [3.8, 4) is 0 Å². The molecule has 0 aliphatic heterocycles. The van der Waals surface area contributed by atoms with Crippen LogP contribution in [-0.4, -0.2) is 36.8 Å². The zero-order chi connectivity index (χ0) is 20.1. The minimum absolute atomic E-state index is 0.0502. The van der Waals surface area contributed by atoms with E-state index < -0.39 is 36.8 Å². The van der Waals surface area contributed by atoms with Crippen LogP contribution < -0.4 is 5.32 Å². The smallest absolute Gasteiger partial charge is 0.429 e. The number of rotatable bonds is 7. The number of amides is 1. The highest BCUT2D eigenvalue weighted by Crippen LogP contribution is 2.52. The lowest BCUT2D eigenvalue weighted by Gasteiger charge is -2.38. The van der Waals surface area contributed by atoms with Crippen LogP contribution >= 0.6 is 0 Å². The summed E-state index contributed by atoms with van der Waals surface area (Å²) < 4.78 is 118. The minimum Gasteiger partial charge on any atom is -0.449 e.